The third kappa shape index (κ3) is 4.47. The third-order valence-corrected chi connectivity index (χ3v) is 5.82. The molecule has 0 amide bonds. The summed E-state index contributed by atoms with van der Waals surface area (Å²) in [4.78, 5) is 13.2. The number of fused-ring (bicyclic) bond motifs is 1. The van der Waals surface area contributed by atoms with E-state index in [-0.39, 0.29) is 6.04 Å². The van der Waals surface area contributed by atoms with Crippen molar-refractivity contribution in [3.8, 4) is 0 Å². The van der Waals surface area contributed by atoms with Gasteiger partial charge in [-0.3, -0.25) is 4.99 Å². The predicted molar refractivity (Wildman–Crippen MR) is 98.7 cm³/mol. The fourth-order valence-corrected chi connectivity index (χ4v) is 4.33. The maximum absolute atomic E-state index is 4.56. The summed E-state index contributed by atoms with van der Waals surface area (Å²) in [5.74, 6) is 3.73. The van der Waals surface area contributed by atoms with Crippen molar-refractivity contribution in [3.63, 3.8) is 0 Å². The van der Waals surface area contributed by atoms with Crippen molar-refractivity contribution < 1.29 is 0 Å². The summed E-state index contributed by atoms with van der Waals surface area (Å²) in [6, 6.07) is 0.177. The fourth-order valence-electron chi connectivity index (χ4n) is 2.68. The normalized spacial score (nSPS) is 17.6. The number of aryl methyl sites for hydroxylation is 2. The molecule has 2 N–H and O–H groups in total. The van der Waals surface area contributed by atoms with E-state index in [1.807, 2.05) is 23.2 Å². The van der Waals surface area contributed by atoms with Crippen LogP contribution in [-0.2, 0) is 6.54 Å². The summed E-state index contributed by atoms with van der Waals surface area (Å²) in [5.41, 5.74) is 0. The Morgan fingerprint density at radius 1 is 1.54 bits per heavy atom. The van der Waals surface area contributed by atoms with Crippen LogP contribution in [0.4, 0.5) is 0 Å². The predicted octanol–water partition coefficient (Wildman–Crippen LogP) is 2.23. The summed E-state index contributed by atoms with van der Waals surface area (Å²) < 4.78 is 3.14. The average molecular weight is 366 g/mol. The maximum atomic E-state index is 4.56. The molecular formula is C15H23N7S2. The number of aliphatic imine (C=N–C) groups is 1. The highest BCUT2D eigenvalue weighted by Crippen LogP contribution is 2.23. The topological polar surface area (TPSA) is 80.0 Å². The molecule has 1 aliphatic heterocycles. The molecule has 3 rings (SSSR count). The number of aromatic nitrogens is 4. The molecule has 0 radical (unpaired) electrons. The Bertz CT molecular complexity index is 665. The molecule has 0 fully saturated rings. The molecule has 2 aromatic heterocycles. The van der Waals surface area contributed by atoms with Gasteiger partial charge in [0, 0.05) is 37.5 Å². The number of thioether (sulfide) groups is 1. The van der Waals surface area contributed by atoms with Gasteiger partial charge in [-0.05, 0) is 26.2 Å². The standard InChI is InChI=1S/C15H23N7S2/c1-11-19-13-12(5-3-8-22(13)21-11)20-14(16-2)17-6-4-9-23-15-18-7-10-24-15/h7,10,12H,3-6,8-9H2,1-2H3,(H2,16,17,20). The first-order valence-corrected chi connectivity index (χ1v) is 10.0. The second-order valence-electron chi connectivity index (χ2n) is 5.58. The zero-order valence-corrected chi connectivity index (χ0v) is 15.7. The van der Waals surface area contributed by atoms with Gasteiger partial charge >= 0.3 is 0 Å². The van der Waals surface area contributed by atoms with Gasteiger partial charge < -0.3 is 10.6 Å². The Balaban J connectivity index is 1.44. The van der Waals surface area contributed by atoms with E-state index in [1.54, 1.807) is 30.1 Å². The minimum atomic E-state index is 0.177. The monoisotopic (exact) mass is 365 g/mol. The third-order valence-electron chi connectivity index (χ3n) is 3.76. The lowest BCUT2D eigenvalue weighted by Gasteiger charge is -2.25. The van der Waals surface area contributed by atoms with Crippen molar-refractivity contribution >= 4 is 29.1 Å². The van der Waals surface area contributed by atoms with Crippen LogP contribution in [0.2, 0.25) is 0 Å². The summed E-state index contributed by atoms with van der Waals surface area (Å²) >= 11 is 3.49. The second-order valence-corrected chi connectivity index (χ2v) is 7.82. The molecule has 0 bridgehead atoms. The van der Waals surface area contributed by atoms with E-state index in [0.717, 1.165) is 60.1 Å². The highest BCUT2D eigenvalue weighted by atomic mass is 32.2. The van der Waals surface area contributed by atoms with Gasteiger partial charge in [0.1, 0.15) is 16.0 Å². The van der Waals surface area contributed by atoms with E-state index in [9.17, 15) is 0 Å². The number of guanidine groups is 1. The molecule has 1 unspecified atom stereocenters. The van der Waals surface area contributed by atoms with Gasteiger partial charge in [0.2, 0.25) is 0 Å². The summed E-state index contributed by atoms with van der Waals surface area (Å²) in [7, 11) is 1.80. The van der Waals surface area contributed by atoms with Crippen molar-refractivity contribution in [2.24, 2.45) is 4.99 Å². The molecule has 0 aliphatic carbocycles. The fraction of sp³-hybridized carbons (Fsp3) is 0.600. The van der Waals surface area contributed by atoms with Gasteiger partial charge in [-0.15, -0.1) is 11.3 Å². The minimum Gasteiger partial charge on any atom is -0.356 e. The molecule has 1 aliphatic rings. The van der Waals surface area contributed by atoms with Crippen molar-refractivity contribution in [1.82, 2.24) is 30.4 Å². The van der Waals surface area contributed by atoms with Gasteiger partial charge in [0.15, 0.2) is 5.96 Å². The zero-order valence-electron chi connectivity index (χ0n) is 14.0. The lowest BCUT2D eigenvalue weighted by atomic mass is 10.1. The molecule has 0 aromatic carbocycles. The number of nitrogens with zero attached hydrogens (tertiary/aromatic N) is 5. The van der Waals surface area contributed by atoms with Crippen LogP contribution in [0, 0.1) is 6.92 Å². The second kappa shape index (κ2) is 8.48. The molecule has 2 aromatic rings. The van der Waals surface area contributed by atoms with Gasteiger partial charge in [-0.1, -0.05) is 11.8 Å². The molecule has 0 saturated heterocycles. The molecule has 130 valence electrons. The Morgan fingerprint density at radius 2 is 2.46 bits per heavy atom. The minimum absolute atomic E-state index is 0.177. The Hall–Kier alpha value is -1.61. The van der Waals surface area contributed by atoms with Gasteiger partial charge in [-0.2, -0.15) is 5.10 Å². The largest absolute Gasteiger partial charge is 0.356 e. The molecule has 0 saturated carbocycles. The molecule has 24 heavy (non-hydrogen) atoms. The highest BCUT2D eigenvalue weighted by Gasteiger charge is 2.24. The van der Waals surface area contributed by atoms with Crippen LogP contribution >= 0.6 is 23.1 Å². The van der Waals surface area contributed by atoms with E-state index < -0.39 is 0 Å². The SMILES string of the molecule is CN=C(NCCCSc1nccs1)NC1CCCn2nc(C)nc21. The Morgan fingerprint density at radius 3 is 3.25 bits per heavy atom. The van der Waals surface area contributed by atoms with Crippen molar-refractivity contribution in [1.29, 1.82) is 0 Å². The van der Waals surface area contributed by atoms with Crippen LogP contribution in [0.25, 0.3) is 0 Å². The summed E-state index contributed by atoms with van der Waals surface area (Å²) in [5, 5.41) is 13.3. The molecule has 9 heteroatoms. The molecule has 0 spiro atoms. The van der Waals surface area contributed by atoms with Gasteiger partial charge in [-0.25, -0.2) is 14.6 Å². The van der Waals surface area contributed by atoms with Crippen LogP contribution in [-0.4, -0.2) is 45.1 Å². The Kier molecular flexibility index (Phi) is 6.08. The number of hydrogen-bond donors (Lipinski definition) is 2. The van der Waals surface area contributed by atoms with E-state index in [0.29, 0.717) is 0 Å². The van der Waals surface area contributed by atoms with Crippen molar-refractivity contribution in [2.75, 3.05) is 19.3 Å². The molecular weight excluding hydrogens is 342 g/mol. The zero-order chi connectivity index (χ0) is 16.8. The van der Waals surface area contributed by atoms with Crippen molar-refractivity contribution in [3.05, 3.63) is 23.2 Å². The molecule has 1 atom stereocenters. The molecule has 3 heterocycles. The lowest BCUT2D eigenvalue weighted by Crippen LogP contribution is -2.42. The lowest BCUT2D eigenvalue weighted by molar-refractivity contribution is 0.397. The van der Waals surface area contributed by atoms with Crippen LogP contribution in [0.5, 0.6) is 0 Å². The highest BCUT2D eigenvalue weighted by molar-refractivity contribution is 8.00. The first kappa shape index (κ1) is 17.2. The number of thiazole rings is 1. The number of nitrogens with one attached hydrogen (secondary N) is 2. The van der Waals surface area contributed by atoms with Crippen LogP contribution < -0.4 is 10.6 Å². The van der Waals surface area contributed by atoms with Crippen LogP contribution in [0.1, 0.15) is 37.0 Å². The van der Waals surface area contributed by atoms with E-state index >= 15 is 0 Å². The average Bonchev–Trinajstić information content (AvgIpc) is 3.22. The summed E-state index contributed by atoms with van der Waals surface area (Å²) in [6.07, 6.45) is 5.07. The quantitative estimate of drug-likeness (QED) is 0.354. The smallest absolute Gasteiger partial charge is 0.191 e. The van der Waals surface area contributed by atoms with Crippen LogP contribution in [0.3, 0.4) is 0 Å². The Labute approximate surface area is 150 Å². The van der Waals surface area contributed by atoms with E-state index in [4.69, 9.17) is 0 Å². The van der Waals surface area contributed by atoms with Gasteiger partial charge in [0.05, 0.1) is 6.04 Å². The first-order valence-electron chi connectivity index (χ1n) is 8.17. The van der Waals surface area contributed by atoms with E-state index in [2.05, 4.69) is 30.7 Å². The van der Waals surface area contributed by atoms with E-state index in [1.165, 1.54) is 0 Å². The first-order chi connectivity index (χ1) is 11.8. The van der Waals surface area contributed by atoms with Crippen LogP contribution in [0.15, 0.2) is 20.9 Å². The molecule has 7 nitrogen and oxygen atoms in total. The number of rotatable bonds is 6. The maximum Gasteiger partial charge on any atom is 0.191 e. The van der Waals surface area contributed by atoms with Crippen molar-refractivity contribution in [2.45, 2.75) is 43.1 Å². The van der Waals surface area contributed by atoms with Gasteiger partial charge in [0.25, 0.3) is 0 Å². The number of hydrogen-bond acceptors (Lipinski definition) is 6. The summed E-state index contributed by atoms with van der Waals surface area (Å²) in [6.45, 7) is 3.78.